The second-order valence-electron chi connectivity index (χ2n) is 4.20. The molecule has 1 aromatic carbocycles. The largest absolute Gasteiger partial charge is 0.346 e. The molecule has 96 valence electrons. The molecule has 0 radical (unpaired) electrons. The third kappa shape index (κ3) is 4.66. The van der Waals surface area contributed by atoms with E-state index < -0.39 is 23.1 Å². The van der Waals surface area contributed by atoms with Crippen LogP contribution in [0.1, 0.15) is 24.2 Å². The molecule has 1 rings (SSSR count). The maximum absolute atomic E-state index is 12.9. The highest BCUT2D eigenvalue weighted by atomic mass is 35.5. The van der Waals surface area contributed by atoms with Crippen LogP contribution in [0.25, 0.3) is 0 Å². The van der Waals surface area contributed by atoms with Gasteiger partial charge in [-0.1, -0.05) is 0 Å². The average molecular weight is 265 g/mol. The van der Waals surface area contributed by atoms with Crippen molar-refractivity contribution in [3.8, 4) is 0 Å². The van der Waals surface area contributed by atoms with Gasteiger partial charge in [0.15, 0.2) is 0 Å². The highest BCUT2D eigenvalue weighted by Gasteiger charge is 2.19. The second kappa shape index (κ2) is 5.93. The maximum atomic E-state index is 12.9. The van der Waals surface area contributed by atoms with E-state index in [1.165, 1.54) is 0 Å². The fourth-order valence-corrected chi connectivity index (χ4v) is 1.12. The lowest BCUT2D eigenvalue weighted by Gasteiger charge is -2.24. The van der Waals surface area contributed by atoms with E-state index in [0.29, 0.717) is 6.07 Å². The van der Waals surface area contributed by atoms with Gasteiger partial charge in [-0.25, -0.2) is 8.78 Å². The van der Waals surface area contributed by atoms with E-state index in [1.807, 2.05) is 0 Å². The first-order valence-electron chi connectivity index (χ1n) is 4.83. The monoisotopic (exact) mass is 264 g/mol. The van der Waals surface area contributed by atoms with Gasteiger partial charge in [0.05, 0.1) is 0 Å². The molecule has 3 N–H and O–H groups in total. The van der Waals surface area contributed by atoms with Crippen molar-refractivity contribution in [1.82, 2.24) is 5.32 Å². The van der Waals surface area contributed by atoms with Crippen molar-refractivity contribution in [2.75, 3.05) is 6.54 Å². The van der Waals surface area contributed by atoms with Crippen molar-refractivity contribution < 1.29 is 13.6 Å². The van der Waals surface area contributed by atoms with E-state index >= 15 is 0 Å². The van der Waals surface area contributed by atoms with Crippen LogP contribution < -0.4 is 11.1 Å². The predicted molar refractivity (Wildman–Crippen MR) is 64.2 cm³/mol. The third-order valence-corrected chi connectivity index (χ3v) is 2.09. The molecule has 0 aliphatic rings. The normalized spacial score (nSPS) is 10.6. The van der Waals surface area contributed by atoms with Crippen LogP contribution in [0.4, 0.5) is 8.78 Å². The molecule has 0 spiro atoms. The minimum atomic E-state index is -0.782. The van der Waals surface area contributed by atoms with Crippen molar-refractivity contribution in [1.29, 1.82) is 0 Å². The number of nitrogens with two attached hydrogens (primary N) is 1. The van der Waals surface area contributed by atoms with E-state index in [-0.39, 0.29) is 24.5 Å². The summed E-state index contributed by atoms with van der Waals surface area (Å²) in [5.74, 6) is -2.11. The first kappa shape index (κ1) is 15.8. The van der Waals surface area contributed by atoms with Crippen LogP contribution in [-0.4, -0.2) is 18.0 Å². The van der Waals surface area contributed by atoms with Crippen molar-refractivity contribution in [2.24, 2.45) is 5.73 Å². The Labute approximate surface area is 105 Å². The highest BCUT2D eigenvalue weighted by Crippen LogP contribution is 2.09. The number of rotatable bonds is 3. The first-order chi connectivity index (χ1) is 7.34. The summed E-state index contributed by atoms with van der Waals surface area (Å²) < 4.78 is 25.7. The topological polar surface area (TPSA) is 55.1 Å². The minimum Gasteiger partial charge on any atom is -0.346 e. The first-order valence-corrected chi connectivity index (χ1v) is 4.83. The Balaban J connectivity index is 0.00000256. The van der Waals surface area contributed by atoms with E-state index in [0.717, 1.165) is 12.1 Å². The molecule has 0 saturated heterocycles. The van der Waals surface area contributed by atoms with Crippen LogP contribution in [0.2, 0.25) is 0 Å². The fourth-order valence-electron chi connectivity index (χ4n) is 1.12. The highest BCUT2D eigenvalue weighted by molar-refractivity contribution is 5.94. The SMILES string of the molecule is CC(C)(CN)NC(=O)c1cc(F)cc(F)c1.Cl. The molecule has 17 heavy (non-hydrogen) atoms. The molecule has 1 aromatic rings. The summed E-state index contributed by atoms with van der Waals surface area (Å²) in [6.07, 6.45) is 0. The number of hydrogen-bond donors (Lipinski definition) is 2. The van der Waals surface area contributed by atoms with Crippen LogP contribution in [0, 0.1) is 11.6 Å². The molecular formula is C11H15ClF2N2O. The maximum Gasteiger partial charge on any atom is 0.251 e. The van der Waals surface area contributed by atoms with Crippen LogP contribution in [0.15, 0.2) is 18.2 Å². The Morgan fingerprint density at radius 1 is 1.29 bits per heavy atom. The second-order valence-corrected chi connectivity index (χ2v) is 4.20. The lowest BCUT2D eigenvalue weighted by atomic mass is 10.1. The van der Waals surface area contributed by atoms with E-state index in [4.69, 9.17) is 5.73 Å². The van der Waals surface area contributed by atoms with Gasteiger partial charge in [0, 0.05) is 23.7 Å². The average Bonchev–Trinajstić information content (AvgIpc) is 2.15. The van der Waals surface area contributed by atoms with Crippen LogP contribution in [0.3, 0.4) is 0 Å². The van der Waals surface area contributed by atoms with Gasteiger partial charge in [0.2, 0.25) is 0 Å². The number of carbonyl (C=O) groups excluding carboxylic acids is 1. The van der Waals surface area contributed by atoms with Gasteiger partial charge in [0.1, 0.15) is 11.6 Å². The zero-order chi connectivity index (χ0) is 12.3. The Bertz CT molecular complexity index is 390. The molecule has 0 aliphatic carbocycles. The van der Waals surface area contributed by atoms with Gasteiger partial charge in [0.25, 0.3) is 5.91 Å². The summed E-state index contributed by atoms with van der Waals surface area (Å²) in [7, 11) is 0. The standard InChI is InChI=1S/C11H14F2N2O.ClH/c1-11(2,6-14)15-10(16)7-3-8(12)5-9(13)4-7;/h3-5H,6,14H2,1-2H3,(H,15,16);1H. The molecule has 0 saturated carbocycles. The molecule has 3 nitrogen and oxygen atoms in total. The van der Waals surface area contributed by atoms with Crippen molar-refractivity contribution >= 4 is 18.3 Å². The molecular weight excluding hydrogens is 250 g/mol. The summed E-state index contributed by atoms with van der Waals surface area (Å²) in [6, 6.07) is 2.67. The summed E-state index contributed by atoms with van der Waals surface area (Å²) in [5, 5.41) is 2.58. The van der Waals surface area contributed by atoms with E-state index in [2.05, 4.69) is 5.32 Å². The van der Waals surface area contributed by atoms with Gasteiger partial charge >= 0.3 is 0 Å². The summed E-state index contributed by atoms with van der Waals surface area (Å²) in [6.45, 7) is 3.68. The zero-order valence-corrected chi connectivity index (χ0v) is 10.4. The Hall–Kier alpha value is -1.20. The molecule has 0 fully saturated rings. The quantitative estimate of drug-likeness (QED) is 0.875. The number of nitrogens with one attached hydrogen (secondary N) is 1. The molecule has 0 atom stereocenters. The zero-order valence-electron chi connectivity index (χ0n) is 9.59. The van der Waals surface area contributed by atoms with Gasteiger partial charge in [-0.05, 0) is 26.0 Å². The molecule has 0 heterocycles. The summed E-state index contributed by atoms with van der Waals surface area (Å²) in [5.41, 5.74) is 4.76. The summed E-state index contributed by atoms with van der Waals surface area (Å²) >= 11 is 0. The molecule has 0 aliphatic heterocycles. The lowest BCUT2D eigenvalue weighted by molar-refractivity contribution is 0.0914. The Morgan fingerprint density at radius 3 is 2.18 bits per heavy atom. The van der Waals surface area contributed by atoms with Gasteiger partial charge in [-0.2, -0.15) is 0 Å². The van der Waals surface area contributed by atoms with Crippen molar-refractivity contribution in [3.05, 3.63) is 35.4 Å². The Morgan fingerprint density at radius 2 is 1.76 bits per heavy atom. The van der Waals surface area contributed by atoms with Crippen molar-refractivity contribution in [3.63, 3.8) is 0 Å². The van der Waals surface area contributed by atoms with Gasteiger partial charge in [-0.15, -0.1) is 12.4 Å². The van der Waals surface area contributed by atoms with Crippen LogP contribution in [0.5, 0.6) is 0 Å². The molecule has 6 heteroatoms. The lowest BCUT2D eigenvalue weighted by Crippen LogP contribution is -2.48. The molecule has 0 aromatic heterocycles. The predicted octanol–water partition coefficient (Wildman–Crippen LogP) is 1.85. The third-order valence-electron chi connectivity index (χ3n) is 2.09. The molecule has 0 bridgehead atoms. The Kier molecular flexibility index (Phi) is 5.51. The summed E-state index contributed by atoms with van der Waals surface area (Å²) in [4.78, 5) is 11.6. The van der Waals surface area contributed by atoms with Crippen molar-refractivity contribution in [2.45, 2.75) is 19.4 Å². The smallest absolute Gasteiger partial charge is 0.251 e. The number of carbonyl (C=O) groups is 1. The van der Waals surface area contributed by atoms with Crippen LogP contribution >= 0.6 is 12.4 Å². The molecule has 0 unspecified atom stereocenters. The number of hydrogen-bond acceptors (Lipinski definition) is 2. The fraction of sp³-hybridized carbons (Fsp3) is 0.364. The number of amides is 1. The van der Waals surface area contributed by atoms with E-state index in [1.54, 1.807) is 13.8 Å². The van der Waals surface area contributed by atoms with Gasteiger partial charge in [-0.3, -0.25) is 4.79 Å². The van der Waals surface area contributed by atoms with Gasteiger partial charge < -0.3 is 11.1 Å². The van der Waals surface area contributed by atoms with E-state index in [9.17, 15) is 13.6 Å². The van der Waals surface area contributed by atoms with Crippen LogP contribution in [-0.2, 0) is 0 Å². The number of benzene rings is 1. The minimum absolute atomic E-state index is 0. The number of halogens is 3. The molecule has 1 amide bonds.